The van der Waals surface area contributed by atoms with E-state index in [2.05, 4.69) is 28.7 Å². The Morgan fingerprint density at radius 3 is 2.22 bits per heavy atom. The molecule has 0 aromatic rings. The summed E-state index contributed by atoms with van der Waals surface area (Å²) in [5.74, 6) is -7.48. The van der Waals surface area contributed by atoms with Crippen LogP contribution in [-0.4, -0.2) is 42.2 Å². The Bertz CT molecular complexity index is 438. The van der Waals surface area contributed by atoms with Gasteiger partial charge >= 0.3 is 23.8 Å². The van der Waals surface area contributed by atoms with Gasteiger partial charge in [-0.2, -0.15) is 22.0 Å². The van der Waals surface area contributed by atoms with Gasteiger partial charge in [0.05, 0.1) is 6.61 Å². The molecule has 0 spiro atoms. The molecule has 0 bridgehead atoms. The maximum Gasteiger partial charge on any atom is 0.466 e. The predicted molar refractivity (Wildman–Crippen MR) is 72.9 cm³/mol. The van der Waals surface area contributed by atoms with Crippen LogP contribution in [0, 0.1) is 0 Å². The lowest BCUT2D eigenvalue weighted by atomic mass is 10.2. The molecule has 1 N–H and O–H groups in total. The number of carbonyl (C=O) groups is 2. The van der Waals surface area contributed by atoms with Gasteiger partial charge in [0.15, 0.2) is 0 Å². The van der Waals surface area contributed by atoms with Crippen LogP contribution >= 0.6 is 12.6 Å². The van der Waals surface area contributed by atoms with E-state index in [0.717, 1.165) is 0 Å². The largest absolute Gasteiger partial charge is 0.466 e. The third kappa shape index (κ3) is 6.73. The molecule has 0 saturated heterocycles. The molecule has 0 saturated carbocycles. The quantitative estimate of drug-likeness (QED) is 0.217. The number of thiol groups is 1. The Balaban J connectivity index is 5.51. The summed E-state index contributed by atoms with van der Waals surface area (Å²) in [6, 6.07) is 0. The van der Waals surface area contributed by atoms with E-state index < -0.39 is 42.1 Å². The molecule has 134 valence electrons. The molecule has 11 heteroatoms. The average Bonchev–Trinajstić information content (AvgIpc) is 2.40. The highest BCUT2D eigenvalue weighted by Crippen LogP contribution is 2.36. The van der Waals surface area contributed by atoms with Crippen LogP contribution in [0.15, 0.2) is 12.7 Å². The number of halogens is 5. The second-order valence-corrected chi connectivity index (χ2v) is 4.91. The minimum atomic E-state index is -5.50. The van der Waals surface area contributed by atoms with Gasteiger partial charge in [0.1, 0.15) is 0 Å². The van der Waals surface area contributed by atoms with Gasteiger partial charge in [0.2, 0.25) is 0 Å². The normalized spacial score (nSPS) is 14.7. The highest BCUT2D eigenvalue weighted by atomic mass is 32.1. The molecule has 0 heterocycles. The predicted octanol–water partition coefficient (Wildman–Crippen LogP) is 2.43. The zero-order valence-electron chi connectivity index (χ0n) is 12.1. The van der Waals surface area contributed by atoms with Crippen molar-refractivity contribution >= 4 is 24.5 Å². The average molecular weight is 365 g/mol. The summed E-state index contributed by atoms with van der Waals surface area (Å²) in [6.07, 6.45) is -6.08. The maximum atomic E-state index is 13.3. The van der Waals surface area contributed by atoms with Gasteiger partial charge in [-0.1, -0.05) is 13.5 Å². The minimum Gasteiger partial charge on any atom is -0.412 e. The fourth-order valence-corrected chi connectivity index (χ4v) is 1.36. The van der Waals surface area contributed by atoms with Crippen LogP contribution < -0.4 is 5.32 Å². The monoisotopic (exact) mass is 365 g/mol. The number of nitrogens with one attached hydrogen (secondary N) is 1. The highest BCUT2D eigenvalue weighted by Gasteiger charge is 2.66. The second kappa shape index (κ2) is 8.48. The fraction of sp³-hybridized carbons (Fsp3) is 0.667. The van der Waals surface area contributed by atoms with E-state index in [1.807, 2.05) is 5.32 Å². The number of hydrogen-bond acceptors (Lipinski definition) is 5. The highest BCUT2D eigenvalue weighted by molar-refractivity contribution is 7.81. The number of carbonyl (C=O) groups excluding carboxylic acids is 2. The first-order valence-electron chi connectivity index (χ1n) is 6.34. The first-order valence-corrected chi connectivity index (χ1v) is 6.79. The first kappa shape index (κ1) is 21.6. The van der Waals surface area contributed by atoms with Gasteiger partial charge in [0, 0.05) is 19.0 Å². The molecule has 0 aliphatic carbocycles. The number of ether oxygens (including phenoxy) is 2. The summed E-state index contributed by atoms with van der Waals surface area (Å²) in [7, 11) is 0. The van der Waals surface area contributed by atoms with E-state index in [1.165, 1.54) is 0 Å². The van der Waals surface area contributed by atoms with Gasteiger partial charge in [-0.3, -0.25) is 4.79 Å². The van der Waals surface area contributed by atoms with Crippen molar-refractivity contribution in [3.63, 3.8) is 0 Å². The van der Waals surface area contributed by atoms with Crippen LogP contribution in [0.4, 0.5) is 22.0 Å². The Hall–Kier alpha value is -1.36. The summed E-state index contributed by atoms with van der Waals surface area (Å²) < 4.78 is 73.3. The molecular weight excluding hydrogens is 349 g/mol. The Morgan fingerprint density at radius 1 is 1.26 bits per heavy atom. The molecule has 0 aromatic heterocycles. The third-order valence-corrected chi connectivity index (χ3v) is 2.55. The topological polar surface area (TPSA) is 64.6 Å². The van der Waals surface area contributed by atoms with E-state index >= 15 is 0 Å². The second-order valence-electron chi connectivity index (χ2n) is 4.26. The first-order chi connectivity index (χ1) is 10.4. The van der Waals surface area contributed by atoms with E-state index in [0.29, 0.717) is 6.08 Å². The molecular formula is C12H16F5NO4S. The van der Waals surface area contributed by atoms with Gasteiger partial charge < -0.3 is 14.8 Å². The molecule has 0 aromatic carbocycles. The molecule has 0 rings (SSSR count). The van der Waals surface area contributed by atoms with Crippen LogP contribution in [0.2, 0.25) is 0 Å². The molecule has 5 nitrogen and oxygen atoms in total. The van der Waals surface area contributed by atoms with Crippen LogP contribution in [0.1, 0.15) is 19.8 Å². The van der Waals surface area contributed by atoms with Gasteiger partial charge in [-0.15, -0.1) is 12.6 Å². The van der Waals surface area contributed by atoms with Crippen molar-refractivity contribution in [2.45, 2.75) is 37.0 Å². The molecule has 1 atom stereocenters. The summed E-state index contributed by atoms with van der Waals surface area (Å²) in [5.41, 5.74) is 0. The lowest BCUT2D eigenvalue weighted by Crippen LogP contribution is -2.61. The van der Waals surface area contributed by atoms with Crippen LogP contribution in [-0.2, 0) is 19.1 Å². The van der Waals surface area contributed by atoms with Crippen molar-refractivity contribution in [3.05, 3.63) is 12.7 Å². The van der Waals surface area contributed by atoms with Crippen molar-refractivity contribution in [2.24, 2.45) is 0 Å². The van der Waals surface area contributed by atoms with Crippen molar-refractivity contribution < 1.29 is 41.0 Å². The molecule has 1 unspecified atom stereocenters. The van der Waals surface area contributed by atoms with Crippen LogP contribution in [0.5, 0.6) is 0 Å². The molecule has 0 radical (unpaired) electrons. The molecule has 0 aliphatic rings. The minimum absolute atomic E-state index is 0.172. The lowest BCUT2D eigenvalue weighted by molar-refractivity contribution is -0.347. The van der Waals surface area contributed by atoms with Crippen molar-refractivity contribution in [3.8, 4) is 0 Å². The van der Waals surface area contributed by atoms with E-state index in [4.69, 9.17) is 0 Å². The lowest BCUT2D eigenvalue weighted by Gasteiger charge is -2.33. The summed E-state index contributed by atoms with van der Waals surface area (Å²) >= 11 is 2.83. The molecule has 1 amide bonds. The number of alkyl halides is 5. The zero-order valence-corrected chi connectivity index (χ0v) is 13.0. The van der Waals surface area contributed by atoms with Crippen LogP contribution in [0.3, 0.4) is 0 Å². The van der Waals surface area contributed by atoms with E-state index in [-0.39, 0.29) is 13.0 Å². The number of amides is 1. The SMILES string of the molecule is C=CC(=O)OC(OCCC(F)(F)S)(C(=O)NCCC)C(F)(F)F. The maximum absolute atomic E-state index is 13.3. The number of rotatable bonds is 9. The van der Waals surface area contributed by atoms with Crippen LogP contribution in [0.25, 0.3) is 0 Å². The smallest absolute Gasteiger partial charge is 0.412 e. The summed E-state index contributed by atoms with van der Waals surface area (Å²) in [6.45, 7) is 3.06. The summed E-state index contributed by atoms with van der Waals surface area (Å²) in [4.78, 5) is 23.0. The summed E-state index contributed by atoms with van der Waals surface area (Å²) in [5, 5.41) is -1.77. The van der Waals surface area contributed by atoms with Gasteiger partial charge in [-0.25, -0.2) is 4.79 Å². The van der Waals surface area contributed by atoms with Crippen molar-refractivity contribution in [1.29, 1.82) is 0 Å². The Kier molecular flexibility index (Phi) is 7.98. The van der Waals surface area contributed by atoms with E-state index in [1.54, 1.807) is 6.92 Å². The fourth-order valence-electron chi connectivity index (χ4n) is 1.27. The molecule has 0 fully saturated rings. The van der Waals surface area contributed by atoms with Crippen molar-refractivity contribution in [1.82, 2.24) is 5.32 Å². The van der Waals surface area contributed by atoms with Crippen molar-refractivity contribution in [2.75, 3.05) is 13.2 Å². The number of esters is 1. The standard InChI is InChI=1S/C12H16F5NO4S/c1-3-6-18-9(20)11(12(15,16)17,22-8(19)4-2)21-7-5-10(13,14)23/h4,23H,2-3,5-7H2,1H3,(H,18,20). The zero-order chi connectivity index (χ0) is 18.3. The molecule has 0 aliphatic heterocycles. The molecule has 23 heavy (non-hydrogen) atoms. The van der Waals surface area contributed by atoms with E-state index in [9.17, 15) is 31.5 Å². The number of hydrogen-bond donors (Lipinski definition) is 2. The third-order valence-electron chi connectivity index (χ3n) is 2.33. The Labute approximate surface area is 134 Å². The Morgan fingerprint density at radius 2 is 1.83 bits per heavy atom. The van der Waals surface area contributed by atoms with Gasteiger partial charge in [-0.05, 0) is 6.42 Å². The van der Waals surface area contributed by atoms with Gasteiger partial charge in [0.25, 0.3) is 5.25 Å².